The summed E-state index contributed by atoms with van der Waals surface area (Å²) in [5.74, 6) is -0.316. The summed E-state index contributed by atoms with van der Waals surface area (Å²) in [7, 11) is 1.71. The maximum atomic E-state index is 13.1. The van der Waals surface area contributed by atoms with Gasteiger partial charge in [0, 0.05) is 12.6 Å². The van der Waals surface area contributed by atoms with E-state index in [9.17, 15) is 4.39 Å². The summed E-state index contributed by atoms with van der Waals surface area (Å²) in [5.41, 5.74) is 1.67. The molecule has 2 rings (SSSR count). The Labute approximate surface area is 100 Å². The van der Waals surface area contributed by atoms with Crippen molar-refractivity contribution in [2.24, 2.45) is 7.05 Å². The highest BCUT2D eigenvalue weighted by Crippen LogP contribution is 2.30. The van der Waals surface area contributed by atoms with E-state index in [1.54, 1.807) is 23.9 Å². The third-order valence-corrected chi connectivity index (χ3v) is 2.94. The molecule has 1 heterocycles. The minimum atomic E-state index is -0.316. The van der Waals surface area contributed by atoms with Gasteiger partial charge in [0.25, 0.3) is 0 Å². The normalized spacial score (nSPS) is 10.1. The van der Waals surface area contributed by atoms with Crippen LogP contribution < -0.4 is 0 Å². The van der Waals surface area contributed by atoms with Crippen molar-refractivity contribution in [3.05, 3.63) is 40.2 Å². The molecule has 3 nitrogen and oxygen atoms in total. The summed E-state index contributed by atoms with van der Waals surface area (Å²) >= 11 is 3.30. The predicted octanol–water partition coefficient (Wildman–Crippen LogP) is 2.86. The van der Waals surface area contributed by atoms with Gasteiger partial charge in [-0.3, -0.25) is 4.68 Å². The summed E-state index contributed by atoms with van der Waals surface area (Å²) < 4.78 is 15.2. The van der Waals surface area contributed by atoms with Gasteiger partial charge in [0.2, 0.25) is 0 Å². The van der Waals surface area contributed by atoms with E-state index in [2.05, 4.69) is 21.0 Å². The fraction of sp³-hybridized carbons (Fsp3) is 0.0909. The minimum Gasteiger partial charge on any atom is -0.265 e. The summed E-state index contributed by atoms with van der Waals surface area (Å²) in [6.07, 6.45) is 0. The van der Waals surface area contributed by atoms with E-state index in [1.807, 2.05) is 6.07 Å². The van der Waals surface area contributed by atoms with Crippen LogP contribution in [-0.2, 0) is 7.05 Å². The van der Waals surface area contributed by atoms with E-state index in [0.29, 0.717) is 21.4 Å². The standard InChI is InChI=1S/C11H7BrFN3/c1-16-11(10(12)9(6-14)15-16)7-3-2-4-8(13)5-7/h2-5H,1H3. The van der Waals surface area contributed by atoms with Crippen LogP contribution in [0.2, 0.25) is 0 Å². The first-order valence-electron chi connectivity index (χ1n) is 4.52. The van der Waals surface area contributed by atoms with E-state index >= 15 is 0 Å². The zero-order valence-electron chi connectivity index (χ0n) is 8.41. The molecule has 0 aliphatic heterocycles. The minimum absolute atomic E-state index is 0.293. The molecular formula is C11H7BrFN3. The topological polar surface area (TPSA) is 41.6 Å². The van der Waals surface area contributed by atoms with E-state index in [0.717, 1.165) is 0 Å². The third-order valence-electron chi connectivity index (χ3n) is 2.19. The van der Waals surface area contributed by atoms with Gasteiger partial charge < -0.3 is 0 Å². The Kier molecular flexibility index (Phi) is 2.75. The largest absolute Gasteiger partial charge is 0.265 e. The van der Waals surface area contributed by atoms with Crippen molar-refractivity contribution in [2.45, 2.75) is 0 Å². The fourth-order valence-electron chi connectivity index (χ4n) is 1.52. The van der Waals surface area contributed by atoms with Crippen molar-refractivity contribution in [3.63, 3.8) is 0 Å². The molecule has 0 N–H and O–H groups in total. The molecule has 0 saturated heterocycles. The number of nitriles is 1. The molecule has 5 heteroatoms. The molecule has 80 valence electrons. The second kappa shape index (κ2) is 4.06. The quantitative estimate of drug-likeness (QED) is 0.806. The number of halogens is 2. The molecule has 0 bridgehead atoms. The summed E-state index contributed by atoms with van der Waals surface area (Å²) in [4.78, 5) is 0. The molecule has 1 aromatic heterocycles. The fourth-order valence-corrected chi connectivity index (χ4v) is 2.17. The van der Waals surface area contributed by atoms with Gasteiger partial charge in [-0.25, -0.2) is 4.39 Å². The van der Waals surface area contributed by atoms with Crippen molar-refractivity contribution in [1.29, 1.82) is 5.26 Å². The summed E-state index contributed by atoms with van der Waals surface area (Å²) in [5, 5.41) is 12.8. The van der Waals surface area contributed by atoms with Crippen LogP contribution in [-0.4, -0.2) is 9.78 Å². The number of hydrogen-bond acceptors (Lipinski definition) is 2. The van der Waals surface area contributed by atoms with Crippen molar-refractivity contribution < 1.29 is 4.39 Å². The van der Waals surface area contributed by atoms with Gasteiger partial charge >= 0.3 is 0 Å². The lowest BCUT2D eigenvalue weighted by Gasteiger charge is -2.02. The first-order valence-corrected chi connectivity index (χ1v) is 5.31. The Morgan fingerprint density at radius 2 is 2.25 bits per heavy atom. The average Bonchev–Trinajstić information content (AvgIpc) is 2.53. The van der Waals surface area contributed by atoms with Gasteiger partial charge in [0.1, 0.15) is 11.9 Å². The lowest BCUT2D eigenvalue weighted by molar-refractivity contribution is 0.628. The molecule has 1 aromatic carbocycles. The number of aryl methyl sites for hydroxylation is 1. The molecule has 16 heavy (non-hydrogen) atoms. The van der Waals surface area contributed by atoms with Crippen LogP contribution in [0.3, 0.4) is 0 Å². The Balaban J connectivity index is 2.65. The Morgan fingerprint density at radius 1 is 1.50 bits per heavy atom. The van der Waals surface area contributed by atoms with Crippen LogP contribution in [0, 0.1) is 17.1 Å². The highest BCUT2D eigenvalue weighted by molar-refractivity contribution is 9.10. The lowest BCUT2D eigenvalue weighted by atomic mass is 10.1. The van der Waals surface area contributed by atoms with Gasteiger partial charge in [-0.1, -0.05) is 12.1 Å². The Morgan fingerprint density at radius 3 is 2.81 bits per heavy atom. The highest BCUT2D eigenvalue weighted by atomic mass is 79.9. The average molecular weight is 280 g/mol. The number of nitrogens with zero attached hydrogens (tertiary/aromatic N) is 3. The van der Waals surface area contributed by atoms with Gasteiger partial charge in [-0.05, 0) is 28.1 Å². The molecule has 0 aliphatic rings. The van der Waals surface area contributed by atoms with Gasteiger partial charge in [0.15, 0.2) is 5.69 Å². The maximum absolute atomic E-state index is 13.1. The van der Waals surface area contributed by atoms with Crippen molar-refractivity contribution >= 4 is 15.9 Å². The van der Waals surface area contributed by atoms with Crippen molar-refractivity contribution in [3.8, 4) is 17.3 Å². The number of aromatic nitrogens is 2. The molecule has 0 aliphatic carbocycles. The summed E-state index contributed by atoms with van der Waals surface area (Å²) in [6.45, 7) is 0. The molecule has 0 fully saturated rings. The van der Waals surface area contributed by atoms with E-state index in [1.165, 1.54) is 12.1 Å². The number of hydrogen-bond donors (Lipinski definition) is 0. The molecule has 0 atom stereocenters. The van der Waals surface area contributed by atoms with Crippen molar-refractivity contribution in [2.75, 3.05) is 0 Å². The zero-order chi connectivity index (χ0) is 11.7. The maximum Gasteiger partial charge on any atom is 0.177 e. The highest BCUT2D eigenvalue weighted by Gasteiger charge is 2.15. The molecule has 0 radical (unpaired) electrons. The summed E-state index contributed by atoms with van der Waals surface area (Å²) in [6, 6.07) is 8.14. The van der Waals surface area contributed by atoms with E-state index in [-0.39, 0.29) is 5.82 Å². The van der Waals surface area contributed by atoms with Gasteiger partial charge in [-0.2, -0.15) is 10.4 Å². The first kappa shape index (κ1) is 10.8. The van der Waals surface area contributed by atoms with Crippen LogP contribution in [0.25, 0.3) is 11.3 Å². The second-order valence-corrected chi connectivity index (χ2v) is 4.05. The smallest absolute Gasteiger partial charge is 0.177 e. The molecule has 0 spiro atoms. The van der Waals surface area contributed by atoms with Crippen LogP contribution in [0.15, 0.2) is 28.7 Å². The van der Waals surface area contributed by atoms with Crippen LogP contribution >= 0.6 is 15.9 Å². The lowest BCUT2D eigenvalue weighted by Crippen LogP contribution is -1.94. The molecule has 2 aromatic rings. The zero-order valence-corrected chi connectivity index (χ0v) is 9.99. The molecular weight excluding hydrogens is 273 g/mol. The SMILES string of the molecule is Cn1nc(C#N)c(Br)c1-c1cccc(F)c1. The van der Waals surface area contributed by atoms with E-state index < -0.39 is 0 Å². The third kappa shape index (κ3) is 1.72. The predicted molar refractivity (Wildman–Crippen MR) is 61.0 cm³/mol. The second-order valence-electron chi connectivity index (χ2n) is 3.26. The Bertz CT molecular complexity index is 583. The van der Waals surface area contributed by atoms with Crippen LogP contribution in [0.4, 0.5) is 4.39 Å². The monoisotopic (exact) mass is 279 g/mol. The number of benzene rings is 1. The molecule has 0 unspecified atom stereocenters. The molecule has 0 saturated carbocycles. The van der Waals surface area contributed by atoms with Crippen molar-refractivity contribution in [1.82, 2.24) is 9.78 Å². The van der Waals surface area contributed by atoms with Crippen LogP contribution in [0.5, 0.6) is 0 Å². The van der Waals surface area contributed by atoms with Gasteiger partial charge in [-0.15, -0.1) is 0 Å². The Hall–Kier alpha value is -1.67. The van der Waals surface area contributed by atoms with Gasteiger partial charge in [0.05, 0.1) is 10.2 Å². The van der Waals surface area contributed by atoms with Crippen LogP contribution in [0.1, 0.15) is 5.69 Å². The molecule has 0 amide bonds. The van der Waals surface area contributed by atoms with E-state index in [4.69, 9.17) is 5.26 Å². The first-order chi connectivity index (χ1) is 7.63. The number of rotatable bonds is 1.